The predicted octanol–water partition coefficient (Wildman–Crippen LogP) is 6.21. The minimum atomic E-state index is -0.533. The Morgan fingerprint density at radius 2 is 1.50 bits per heavy atom. The van der Waals surface area contributed by atoms with Gasteiger partial charge in [-0.05, 0) is 41.8 Å². The maximum Gasteiger partial charge on any atom is 0.319 e. The van der Waals surface area contributed by atoms with Crippen molar-refractivity contribution in [3.05, 3.63) is 95.6 Å². The number of anilines is 2. The van der Waals surface area contributed by atoms with E-state index in [0.29, 0.717) is 18.8 Å². The minimum Gasteiger partial charge on any atom is -0.377 e. The highest BCUT2D eigenvalue weighted by Gasteiger charge is 2.31. The molecule has 3 amide bonds. The first-order chi connectivity index (χ1) is 17.1. The highest BCUT2D eigenvalue weighted by Crippen LogP contribution is 2.32. The summed E-state index contributed by atoms with van der Waals surface area (Å²) in [5.74, 6) is 0.0718. The third kappa shape index (κ3) is 7.11. The van der Waals surface area contributed by atoms with Crippen LogP contribution in [0.25, 0.3) is 0 Å². The van der Waals surface area contributed by atoms with E-state index < -0.39 is 5.41 Å². The Hall–Kier alpha value is -3.80. The van der Waals surface area contributed by atoms with Gasteiger partial charge in [0.05, 0.1) is 6.04 Å². The first-order valence-corrected chi connectivity index (χ1v) is 12.3. The van der Waals surface area contributed by atoms with Gasteiger partial charge in [0.1, 0.15) is 0 Å². The Morgan fingerprint density at radius 3 is 2.08 bits per heavy atom. The minimum absolute atomic E-state index is 0.0718. The number of carbonyl (C=O) groups is 2. The average Bonchev–Trinajstić information content (AvgIpc) is 2.86. The van der Waals surface area contributed by atoms with Gasteiger partial charge in [-0.25, -0.2) is 4.79 Å². The van der Waals surface area contributed by atoms with Gasteiger partial charge in [0, 0.05) is 44.0 Å². The second-order valence-corrected chi connectivity index (χ2v) is 10.3. The molecule has 0 radical (unpaired) electrons. The summed E-state index contributed by atoms with van der Waals surface area (Å²) < 4.78 is 0. The number of hydrogen-bond donors (Lipinski definition) is 2. The number of nitrogens with zero attached hydrogens (tertiary/aromatic N) is 2. The predicted molar refractivity (Wildman–Crippen MR) is 148 cm³/mol. The zero-order valence-corrected chi connectivity index (χ0v) is 22.2. The number of nitrogens with one attached hydrogen (secondary N) is 2. The van der Waals surface area contributed by atoms with Crippen LogP contribution in [-0.2, 0) is 17.9 Å². The molecule has 0 aliphatic rings. The highest BCUT2D eigenvalue weighted by atomic mass is 16.2. The number of rotatable bonds is 8. The molecule has 0 spiro atoms. The Kier molecular flexibility index (Phi) is 8.75. The molecule has 0 aliphatic heterocycles. The summed E-state index contributed by atoms with van der Waals surface area (Å²) in [6.07, 6.45) is 0. The lowest BCUT2D eigenvalue weighted by atomic mass is 9.92. The van der Waals surface area contributed by atoms with Gasteiger partial charge >= 0.3 is 6.03 Å². The molecule has 2 N–H and O–H groups in total. The molecule has 1 atom stereocenters. The van der Waals surface area contributed by atoms with Crippen LogP contribution in [0.3, 0.4) is 0 Å². The van der Waals surface area contributed by atoms with Crippen molar-refractivity contribution in [1.82, 2.24) is 10.2 Å². The van der Waals surface area contributed by atoms with Gasteiger partial charge in [0.15, 0.2) is 0 Å². The molecule has 0 fully saturated rings. The normalized spacial score (nSPS) is 11.9. The smallest absolute Gasteiger partial charge is 0.319 e. The molecule has 3 aromatic rings. The fraction of sp³-hybridized carbons (Fsp3) is 0.333. The molecule has 6 nitrogen and oxygen atoms in total. The van der Waals surface area contributed by atoms with E-state index in [2.05, 4.69) is 29.7 Å². The summed E-state index contributed by atoms with van der Waals surface area (Å²) in [7, 11) is 3.96. The highest BCUT2D eigenvalue weighted by molar-refractivity contribution is 5.89. The quantitative estimate of drug-likeness (QED) is 0.398. The molecular formula is C30H38N4O2. The third-order valence-electron chi connectivity index (χ3n) is 6.11. The average molecular weight is 487 g/mol. The standard InChI is InChI=1S/C30H38N4O2/c1-22(24-15-11-8-12-16-24)34(28(35)30(2,3)4)21-25-19-26(17-18-27(25)33(5)6)32-29(36)31-20-23-13-9-7-10-14-23/h7-19,22H,20-21H2,1-6H3,(H2,31,32,36)/t22-/m1/s1. The molecule has 3 aromatic carbocycles. The van der Waals surface area contributed by atoms with Crippen LogP contribution in [0, 0.1) is 5.41 Å². The molecule has 190 valence electrons. The van der Waals surface area contributed by atoms with E-state index in [1.165, 1.54) is 0 Å². The third-order valence-corrected chi connectivity index (χ3v) is 6.11. The van der Waals surface area contributed by atoms with Gasteiger partial charge in [-0.1, -0.05) is 81.4 Å². The summed E-state index contributed by atoms with van der Waals surface area (Å²) in [6, 6.07) is 25.3. The van der Waals surface area contributed by atoms with Crippen LogP contribution in [0.1, 0.15) is 50.4 Å². The molecule has 0 saturated carbocycles. The van der Waals surface area contributed by atoms with Crippen LogP contribution < -0.4 is 15.5 Å². The van der Waals surface area contributed by atoms with Crippen molar-refractivity contribution in [3.63, 3.8) is 0 Å². The fourth-order valence-corrected chi connectivity index (χ4v) is 4.09. The van der Waals surface area contributed by atoms with Crippen molar-refractivity contribution in [2.45, 2.75) is 46.8 Å². The van der Waals surface area contributed by atoms with Crippen molar-refractivity contribution in [1.29, 1.82) is 0 Å². The largest absolute Gasteiger partial charge is 0.377 e. The van der Waals surface area contributed by atoms with Crippen molar-refractivity contribution < 1.29 is 9.59 Å². The molecule has 0 aliphatic carbocycles. The van der Waals surface area contributed by atoms with Crippen molar-refractivity contribution in [2.24, 2.45) is 5.41 Å². The van der Waals surface area contributed by atoms with Gasteiger partial charge in [-0.2, -0.15) is 0 Å². The zero-order chi connectivity index (χ0) is 26.3. The van der Waals surface area contributed by atoms with Crippen LogP contribution in [0.4, 0.5) is 16.2 Å². The fourth-order valence-electron chi connectivity index (χ4n) is 4.09. The number of hydrogen-bond acceptors (Lipinski definition) is 3. The van der Waals surface area contributed by atoms with E-state index in [1.54, 1.807) is 0 Å². The van der Waals surface area contributed by atoms with E-state index in [4.69, 9.17) is 0 Å². The summed E-state index contributed by atoms with van der Waals surface area (Å²) in [5, 5.41) is 5.84. The number of benzene rings is 3. The molecular weight excluding hydrogens is 448 g/mol. The first kappa shape index (κ1) is 26.8. The van der Waals surface area contributed by atoms with E-state index in [1.807, 2.05) is 111 Å². The lowest BCUT2D eigenvalue weighted by molar-refractivity contribution is -0.142. The van der Waals surface area contributed by atoms with Crippen LogP contribution in [0.2, 0.25) is 0 Å². The molecule has 36 heavy (non-hydrogen) atoms. The van der Waals surface area contributed by atoms with Gasteiger partial charge < -0.3 is 20.4 Å². The monoisotopic (exact) mass is 486 g/mol. The van der Waals surface area contributed by atoms with Crippen molar-refractivity contribution in [2.75, 3.05) is 24.3 Å². The topological polar surface area (TPSA) is 64.7 Å². The molecule has 0 saturated heterocycles. The summed E-state index contributed by atoms with van der Waals surface area (Å²) >= 11 is 0. The van der Waals surface area contributed by atoms with Gasteiger partial charge in [-0.3, -0.25) is 4.79 Å². The van der Waals surface area contributed by atoms with E-state index >= 15 is 0 Å². The zero-order valence-electron chi connectivity index (χ0n) is 22.2. The summed E-state index contributed by atoms with van der Waals surface area (Å²) in [5.41, 5.74) is 4.21. The van der Waals surface area contributed by atoms with Gasteiger partial charge in [0.2, 0.25) is 5.91 Å². The van der Waals surface area contributed by atoms with Crippen molar-refractivity contribution >= 4 is 23.3 Å². The maximum absolute atomic E-state index is 13.6. The number of carbonyl (C=O) groups excluding carboxylic acids is 2. The molecule has 6 heteroatoms. The molecule has 0 bridgehead atoms. The SMILES string of the molecule is C[C@H](c1ccccc1)N(Cc1cc(NC(=O)NCc2ccccc2)ccc1N(C)C)C(=O)C(C)(C)C. The molecule has 0 heterocycles. The Bertz CT molecular complexity index is 1150. The second kappa shape index (κ2) is 11.8. The van der Waals surface area contributed by atoms with Gasteiger partial charge in [-0.15, -0.1) is 0 Å². The Balaban J connectivity index is 1.86. The number of urea groups is 1. The Labute approximate surface area is 215 Å². The Morgan fingerprint density at radius 1 is 0.889 bits per heavy atom. The molecule has 0 unspecified atom stereocenters. The lowest BCUT2D eigenvalue weighted by Crippen LogP contribution is -2.41. The molecule has 3 rings (SSSR count). The second-order valence-electron chi connectivity index (χ2n) is 10.3. The van der Waals surface area contributed by atoms with E-state index in [9.17, 15) is 9.59 Å². The maximum atomic E-state index is 13.6. The first-order valence-electron chi connectivity index (χ1n) is 12.3. The lowest BCUT2D eigenvalue weighted by Gasteiger charge is -2.35. The van der Waals surface area contributed by atoms with Crippen LogP contribution in [-0.4, -0.2) is 30.9 Å². The van der Waals surface area contributed by atoms with Crippen LogP contribution in [0.15, 0.2) is 78.9 Å². The van der Waals surface area contributed by atoms with Gasteiger partial charge in [0.25, 0.3) is 0 Å². The summed E-state index contributed by atoms with van der Waals surface area (Å²) in [6.45, 7) is 8.76. The molecule has 0 aromatic heterocycles. The van der Waals surface area contributed by atoms with Crippen molar-refractivity contribution in [3.8, 4) is 0 Å². The van der Waals surface area contributed by atoms with Crippen LogP contribution in [0.5, 0.6) is 0 Å². The van der Waals surface area contributed by atoms with E-state index in [-0.39, 0.29) is 18.0 Å². The number of amides is 3. The van der Waals surface area contributed by atoms with E-state index in [0.717, 1.165) is 22.4 Å². The van der Waals surface area contributed by atoms with Crippen LogP contribution >= 0.6 is 0 Å². The summed E-state index contributed by atoms with van der Waals surface area (Å²) in [4.78, 5) is 30.1.